The number of ether oxygens (including phenoxy) is 1. The van der Waals surface area contributed by atoms with E-state index in [1.54, 1.807) is 19.9 Å². The average molecular weight is 425 g/mol. The van der Waals surface area contributed by atoms with E-state index in [-0.39, 0.29) is 23.1 Å². The molecule has 5 nitrogen and oxygen atoms in total. The highest BCUT2D eigenvalue weighted by Crippen LogP contribution is 2.70. The van der Waals surface area contributed by atoms with Gasteiger partial charge in [-0.25, -0.2) is 0 Å². The van der Waals surface area contributed by atoms with Crippen molar-refractivity contribution in [1.29, 1.82) is 0 Å². The van der Waals surface area contributed by atoms with Crippen LogP contribution in [0.2, 0.25) is 0 Å². The Bertz CT molecular complexity index is 997. The van der Waals surface area contributed by atoms with Crippen molar-refractivity contribution in [3.63, 3.8) is 0 Å². The maximum Gasteiger partial charge on any atom is 0.316 e. The van der Waals surface area contributed by atoms with Crippen LogP contribution in [0.3, 0.4) is 0 Å². The minimum absolute atomic E-state index is 0.00235. The number of aliphatic hydroxyl groups is 1. The second kappa shape index (κ2) is 6.50. The molecule has 1 fully saturated rings. The highest BCUT2D eigenvalue weighted by atomic mass is 16.5. The molecule has 0 aliphatic heterocycles. The van der Waals surface area contributed by atoms with E-state index in [0.29, 0.717) is 31.3 Å². The van der Waals surface area contributed by atoms with Crippen molar-refractivity contribution in [2.24, 2.45) is 22.2 Å². The molecule has 5 rings (SSSR count). The SMILES string of the molecule is CC(C)OC(=O)[C@H]1C2=C(CCC34C(=O)CC[C@]3(C)CC=C24)C2(C)CCC(=O)C=C2[C@H]1O. The van der Waals surface area contributed by atoms with Gasteiger partial charge in [0.2, 0.25) is 0 Å². The van der Waals surface area contributed by atoms with Crippen molar-refractivity contribution in [3.05, 3.63) is 34.4 Å². The highest BCUT2D eigenvalue weighted by Gasteiger charge is 2.66. The summed E-state index contributed by atoms with van der Waals surface area (Å²) in [6.45, 7) is 7.90. The van der Waals surface area contributed by atoms with E-state index < -0.39 is 28.8 Å². The van der Waals surface area contributed by atoms with E-state index in [9.17, 15) is 19.5 Å². The number of hydrogen-bond acceptors (Lipinski definition) is 5. The number of esters is 1. The van der Waals surface area contributed by atoms with Crippen molar-refractivity contribution in [2.45, 2.75) is 84.8 Å². The lowest BCUT2D eigenvalue weighted by atomic mass is 9.50. The number of rotatable bonds is 2. The quantitative estimate of drug-likeness (QED) is 0.678. The van der Waals surface area contributed by atoms with Gasteiger partial charge in [-0.2, -0.15) is 0 Å². The summed E-state index contributed by atoms with van der Waals surface area (Å²) in [5.41, 5.74) is 2.46. The summed E-state index contributed by atoms with van der Waals surface area (Å²) in [7, 11) is 0. The first-order chi connectivity index (χ1) is 14.5. The molecule has 5 aliphatic rings. The first-order valence-corrected chi connectivity index (χ1v) is 11.7. The number of hydrogen-bond donors (Lipinski definition) is 1. The minimum atomic E-state index is -1.11. The van der Waals surface area contributed by atoms with Crippen LogP contribution in [0.4, 0.5) is 0 Å². The number of fused-ring (bicyclic) bond motifs is 3. The van der Waals surface area contributed by atoms with Gasteiger partial charge in [-0.15, -0.1) is 0 Å². The zero-order valence-corrected chi connectivity index (χ0v) is 18.9. The molecule has 0 radical (unpaired) electrons. The molecule has 0 saturated heterocycles. The van der Waals surface area contributed by atoms with Crippen LogP contribution in [-0.4, -0.2) is 34.9 Å². The van der Waals surface area contributed by atoms with Crippen LogP contribution in [0.5, 0.6) is 0 Å². The molecule has 0 aromatic heterocycles. The first-order valence-electron chi connectivity index (χ1n) is 11.7. The van der Waals surface area contributed by atoms with Crippen molar-refractivity contribution < 1.29 is 24.2 Å². The molecule has 5 atom stereocenters. The third-order valence-corrected chi connectivity index (χ3v) is 9.03. The minimum Gasteiger partial charge on any atom is -0.462 e. The zero-order chi connectivity index (χ0) is 22.3. The van der Waals surface area contributed by atoms with Crippen LogP contribution >= 0.6 is 0 Å². The number of carbonyl (C=O) groups is 3. The zero-order valence-electron chi connectivity index (χ0n) is 18.9. The molecule has 166 valence electrons. The molecule has 1 N–H and O–H groups in total. The molecule has 0 heterocycles. The maximum absolute atomic E-state index is 13.3. The van der Waals surface area contributed by atoms with Gasteiger partial charge in [0.25, 0.3) is 0 Å². The second-order valence-corrected chi connectivity index (χ2v) is 10.9. The molecule has 5 aliphatic carbocycles. The van der Waals surface area contributed by atoms with Gasteiger partial charge in [-0.1, -0.05) is 25.5 Å². The van der Waals surface area contributed by atoms with Gasteiger partial charge in [-0.3, -0.25) is 14.4 Å². The summed E-state index contributed by atoms with van der Waals surface area (Å²) in [5, 5.41) is 11.5. The smallest absolute Gasteiger partial charge is 0.316 e. The van der Waals surface area contributed by atoms with Crippen LogP contribution < -0.4 is 0 Å². The van der Waals surface area contributed by atoms with Gasteiger partial charge in [-0.05, 0) is 74.2 Å². The van der Waals surface area contributed by atoms with E-state index in [0.717, 1.165) is 36.0 Å². The molecule has 5 heteroatoms. The molecule has 0 bridgehead atoms. The summed E-state index contributed by atoms with van der Waals surface area (Å²) in [6, 6.07) is 0. The normalized spacial score (nSPS) is 41.4. The molecule has 1 spiro atoms. The van der Waals surface area contributed by atoms with Crippen LogP contribution in [0.25, 0.3) is 0 Å². The standard InChI is InChI=1S/C26H32O5/c1-14(2)31-23(30)21-20-16(25(4)11-5-15(27)13-18(25)22(21)29)7-12-26-17(20)6-9-24(26,3)10-8-19(26)28/h6,13-14,21-22,29H,5,7-12H2,1-4H3/t21-,22+,24-,25?,26?/m0/s1. The Morgan fingerprint density at radius 3 is 2.58 bits per heavy atom. The molecular formula is C26H32O5. The Morgan fingerprint density at radius 2 is 1.87 bits per heavy atom. The third-order valence-electron chi connectivity index (χ3n) is 9.03. The van der Waals surface area contributed by atoms with E-state index in [1.165, 1.54) is 0 Å². The molecule has 0 aromatic rings. The van der Waals surface area contributed by atoms with Crippen LogP contribution in [0.1, 0.15) is 72.6 Å². The van der Waals surface area contributed by atoms with Gasteiger partial charge >= 0.3 is 5.97 Å². The first kappa shape index (κ1) is 20.9. The van der Waals surface area contributed by atoms with Crippen molar-refractivity contribution in [2.75, 3.05) is 0 Å². The van der Waals surface area contributed by atoms with Gasteiger partial charge in [0.05, 0.1) is 17.6 Å². The molecule has 0 aromatic carbocycles. The largest absolute Gasteiger partial charge is 0.462 e. The van der Waals surface area contributed by atoms with E-state index >= 15 is 0 Å². The van der Waals surface area contributed by atoms with Crippen molar-refractivity contribution >= 4 is 17.5 Å². The van der Waals surface area contributed by atoms with Gasteiger partial charge in [0.15, 0.2) is 5.78 Å². The highest BCUT2D eigenvalue weighted by molar-refractivity contribution is 5.96. The molecule has 2 unspecified atom stereocenters. The summed E-state index contributed by atoms with van der Waals surface area (Å²) in [4.78, 5) is 38.9. The number of carbonyl (C=O) groups excluding carboxylic acids is 3. The van der Waals surface area contributed by atoms with Gasteiger partial charge in [0, 0.05) is 18.3 Å². The van der Waals surface area contributed by atoms with Gasteiger partial charge in [0.1, 0.15) is 11.7 Å². The lowest BCUT2D eigenvalue weighted by molar-refractivity contribution is -0.154. The summed E-state index contributed by atoms with van der Waals surface area (Å²) in [5.74, 6) is -1.08. The third kappa shape index (κ3) is 2.50. The van der Waals surface area contributed by atoms with Crippen LogP contribution in [-0.2, 0) is 19.1 Å². The molecular weight excluding hydrogens is 392 g/mol. The monoisotopic (exact) mass is 424 g/mol. The molecule has 1 saturated carbocycles. The Balaban J connectivity index is 1.74. The second-order valence-electron chi connectivity index (χ2n) is 10.9. The van der Waals surface area contributed by atoms with Crippen molar-refractivity contribution in [3.8, 4) is 0 Å². The van der Waals surface area contributed by atoms with E-state index in [1.807, 2.05) is 0 Å². The van der Waals surface area contributed by atoms with Crippen LogP contribution in [0, 0.1) is 22.2 Å². The van der Waals surface area contributed by atoms with Crippen molar-refractivity contribution in [1.82, 2.24) is 0 Å². The topological polar surface area (TPSA) is 80.7 Å². The fourth-order valence-electron chi connectivity index (χ4n) is 7.41. The average Bonchev–Trinajstić information content (AvgIpc) is 3.13. The Morgan fingerprint density at radius 1 is 1.13 bits per heavy atom. The maximum atomic E-state index is 13.3. The van der Waals surface area contributed by atoms with Gasteiger partial charge < -0.3 is 9.84 Å². The van der Waals surface area contributed by atoms with E-state index in [2.05, 4.69) is 19.9 Å². The van der Waals surface area contributed by atoms with E-state index in [4.69, 9.17) is 4.74 Å². The fraction of sp³-hybridized carbons (Fsp3) is 0.654. The number of ketones is 2. The lowest BCUT2D eigenvalue weighted by Gasteiger charge is -2.53. The lowest BCUT2D eigenvalue weighted by Crippen LogP contribution is -2.51. The number of allylic oxidation sites excluding steroid dienone is 4. The molecule has 0 amide bonds. The fourth-order valence-corrected chi connectivity index (χ4v) is 7.41. The predicted molar refractivity (Wildman–Crippen MR) is 115 cm³/mol. The summed E-state index contributed by atoms with van der Waals surface area (Å²) >= 11 is 0. The Hall–Kier alpha value is -2.01. The summed E-state index contributed by atoms with van der Waals surface area (Å²) in [6.07, 6.45) is 7.12. The Labute approximate surface area is 183 Å². The number of aliphatic hydroxyl groups excluding tert-OH is 1. The van der Waals surface area contributed by atoms with Crippen LogP contribution in [0.15, 0.2) is 34.4 Å². The Kier molecular flexibility index (Phi) is 4.38. The summed E-state index contributed by atoms with van der Waals surface area (Å²) < 4.78 is 5.60. The number of Topliss-reactive ketones (excluding diaryl/α,β-unsaturated/α-hetero) is 1. The molecule has 31 heavy (non-hydrogen) atoms. The predicted octanol–water partition coefficient (Wildman–Crippen LogP) is 4.00.